The van der Waals surface area contributed by atoms with Gasteiger partial charge in [-0.05, 0) is 50.8 Å². The van der Waals surface area contributed by atoms with Crippen molar-refractivity contribution in [2.75, 3.05) is 0 Å². The smallest absolute Gasteiger partial charge is 0.0485 e. The van der Waals surface area contributed by atoms with Crippen molar-refractivity contribution in [2.45, 2.75) is 45.7 Å². The highest BCUT2D eigenvalue weighted by Gasteiger charge is 2.21. The average Bonchev–Trinajstić information content (AvgIpc) is 2.82. The molecule has 0 amide bonds. The second-order valence-electron chi connectivity index (χ2n) is 5.38. The Hall–Kier alpha value is -1.28. The van der Waals surface area contributed by atoms with Gasteiger partial charge in [0.25, 0.3) is 0 Å². The van der Waals surface area contributed by atoms with Crippen LogP contribution in [0.3, 0.4) is 0 Å². The number of nitrogens with two attached hydrogens (primary N) is 1. The standard InChI is InChI=1S/C15H20N2/c1-10-5-6-15-12(8-10)13(9-11(2)16)14-4-3-7-17(14)15/h5-6,8,11H,3-4,7,9,16H2,1-2H3. The number of aromatic nitrogens is 1. The summed E-state index contributed by atoms with van der Waals surface area (Å²) < 4.78 is 2.49. The molecule has 0 bridgehead atoms. The maximum Gasteiger partial charge on any atom is 0.0485 e. The fourth-order valence-electron chi connectivity index (χ4n) is 3.09. The SMILES string of the molecule is Cc1ccc2c(c1)c(CC(C)N)c1n2CCC1. The van der Waals surface area contributed by atoms with E-state index >= 15 is 0 Å². The Morgan fingerprint density at radius 1 is 1.41 bits per heavy atom. The third-order valence-electron chi connectivity index (χ3n) is 3.76. The molecule has 0 saturated heterocycles. The molecule has 2 heterocycles. The molecule has 0 aliphatic carbocycles. The Labute approximate surface area is 102 Å². The molecule has 2 aromatic rings. The number of hydrogen-bond donors (Lipinski definition) is 1. The van der Waals surface area contributed by atoms with Crippen molar-refractivity contribution in [3.63, 3.8) is 0 Å². The molecule has 2 nitrogen and oxygen atoms in total. The van der Waals surface area contributed by atoms with E-state index in [4.69, 9.17) is 5.73 Å². The van der Waals surface area contributed by atoms with Crippen molar-refractivity contribution in [1.29, 1.82) is 0 Å². The lowest BCUT2D eigenvalue weighted by molar-refractivity contribution is 0.733. The van der Waals surface area contributed by atoms with Gasteiger partial charge in [-0.25, -0.2) is 0 Å². The minimum Gasteiger partial charge on any atom is -0.344 e. The number of hydrogen-bond acceptors (Lipinski definition) is 1. The predicted molar refractivity (Wildman–Crippen MR) is 72.3 cm³/mol. The zero-order valence-electron chi connectivity index (χ0n) is 10.7. The summed E-state index contributed by atoms with van der Waals surface area (Å²) in [6, 6.07) is 7.04. The Balaban J connectivity index is 2.26. The summed E-state index contributed by atoms with van der Waals surface area (Å²) in [6.45, 7) is 5.44. The van der Waals surface area contributed by atoms with Gasteiger partial charge in [-0.3, -0.25) is 0 Å². The van der Waals surface area contributed by atoms with E-state index < -0.39 is 0 Å². The number of rotatable bonds is 2. The summed E-state index contributed by atoms with van der Waals surface area (Å²) in [4.78, 5) is 0. The lowest BCUT2D eigenvalue weighted by Crippen LogP contribution is -2.18. The molecule has 1 unspecified atom stereocenters. The van der Waals surface area contributed by atoms with Crippen LogP contribution in [0.25, 0.3) is 10.9 Å². The van der Waals surface area contributed by atoms with E-state index in [1.54, 1.807) is 0 Å². The Bertz CT molecular complexity index is 564. The topological polar surface area (TPSA) is 30.9 Å². The van der Waals surface area contributed by atoms with E-state index in [0.717, 1.165) is 6.42 Å². The quantitative estimate of drug-likeness (QED) is 0.842. The zero-order chi connectivity index (χ0) is 12.0. The van der Waals surface area contributed by atoms with E-state index in [2.05, 4.69) is 36.6 Å². The van der Waals surface area contributed by atoms with Gasteiger partial charge in [-0.15, -0.1) is 0 Å². The predicted octanol–water partition coefficient (Wildman–Crippen LogP) is 2.79. The normalized spacial score (nSPS) is 16.4. The second-order valence-corrected chi connectivity index (χ2v) is 5.38. The molecule has 17 heavy (non-hydrogen) atoms. The minimum atomic E-state index is 0.242. The molecular weight excluding hydrogens is 208 g/mol. The lowest BCUT2D eigenvalue weighted by Gasteiger charge is -2.06. The van der Waals surface area contributed by atoms with Gasteiger partial charge in [0.1, 0.15) is 0 Å². The minimum absolute atomic E-state index is 0.242. The number of fused-ring (bicyclic) bond motifs is 3. The third kappa shape index (κ3) is 1.67. The molecule has 90 valence electrons. The van der Waals surface area contributed by atoms with Crippen LogP contribution in [0.2, 0.25) is 0 Å². The highest BCUT2D eigenvalue weighted by molar-refractivity contribution is 5.86. The first kappa shape index (κ1) is 10.8. The van der Waals surface area contributed by atoms with Crippen molar-refractivity contribution in [1.82, 2.24) is 4.57 Å². The van der Waals surface area contributed by atoms with Gasteiger partial charge >= 0.3 is 0 Å². The molecule has 1 aromatic heterocycles. The van der Waals surface area contributed by atoms with Crippen LogP contribution in [0, 0.1) is 6.92 Å². The molecule has 0 radical (unpaired) electrons. The maximum atomic E-state index is 6.00. The van der Waals surface area contributed by atoms with Crippen LogP contribution < -0.4 is 5.73 Å². The molecule has 2 N–H and O–H groups in total. The van der Waals surface area contributed by atoms with E-state index in [1.165, 1.54) is 47.1 Å². The van der Waals surface area contributed by atoms with Crippen LogP contribution >= 0.6 is 0 Å². The highest BCUT2D eigenvalue weighted by atomic mass is 15.0. The summed E-state index contributed by atoms with van der Waals surface area (Å²) >= 11 is 0. The van der Waals surface area contributed by atoms with Crippen molar-refractivity contribution >= 4 is 10.9 Å². The highest BCUT2D eigenvalue weighted by Crippen LogP contribution is 2.32. The van der Waals surface area contributed by atoms with Gasteiger partial charge in [-0.2, -0.15) is 0 Å². The van der Waals surface area contributed by atoms with Crippen LogP contribution in [-0.2, 0) is 19.4 Å². The molecule has 1 atom stereocenters. The van der Waals surface area contributed by atoms with E-state index in [1.807, 2.05) is 0 Å². The van der Waals surface area contributed by atoms with Crippen LogP contribution in [-0.4, -0.2) is 10.6 Å². The molecule has 1 aliphatic rings. The van der Waals surface area contributed by atoms with E-state index in [9.17, 15) is 0 Å². The van der Waals surface area contributed by atoms with Crippen LogP contribution in [0.1, 0.15) is 30.2 Å². The number of nitrogens with zero attached hydrogens (tertiary/aromatic N) is 1. The molecule has 0 spiro atoms. The van der Waals surface area contributed by atoms with Crippen molar-refractivity contribution in [2.24, 2.45) is 5.73 Å². The van der Waals surface area contributed by atoms with Crippen molar-refractivity contribution in [3.8, 4) is 0 Å². The zero-order valence-corrected chi connectivity index (χ0v) is 10.7. The fraction of sp³-hybridized carbons (Fsp3) is 0.467. The first-order valence-electron chi connectivity index (χ1n) is 6.53. The Morgan fingerprint density at radius 3 is 3.00 bits per heavy atom. The largest absolute Gasteiger partial charge is 0.344 e. The summed E-state index contributed by atoms with van der Waals surface area (Å²) in [7, 11) is 0. The summed E-state index contributed by atoms with van der Waals surface area (Å²) in [5, 5.41) is 1.43. The Kier molecular flexibility index (Phi) is 2.48. The average molecular weight is 228 g/mol. The molecule has 1 aromatic carbocycles. The lowest BCUT2D eigenvalue weighted by atomic mass is 10.0. The van der Waals surface area contributed by atoms with Gasteiger partial charge < -0.3 is 10.3 Å². The molecule has 2 heteroatoms. The monoisotopic (exact) mass is 228 g/mol. The Morgan fingerprint density at radius 2 is 2.24 bits per heavy atom. The molecule has 0 saturated carbocycles. The van der Waals surface area contributed by atoms with Crippen molar-refractivity contribution < 1.29 is 0 Å². The van der Waals surface area contributed by atoms with Crippen LogP contribution in [0.5, 0.6) is 0 Å². The van der Waals surface area contributed by atoms with Gasteiger partial charge in [-0.1, -0.05) is 11.6 Å². The van der Waals surface area contributed by atoms with Crippen LogP contribution in [0.15, 0.2) is 18.2 Å². The molecule has 1 aliphatic heterocycles. The van der Waals surface area contributed by atoms with Crippen molar-refractivity contribution in [3.05, 3.63) is 35.0 Å². The van der Waals surface area contributed by atoms with Gasteiger partial charge in [0.05, 0.1) is 0 Å². The van der Waals surface area contributed by atoms with Gasteiger partial charge in [0.15, 0.2) is 0 Å². The second kappa shape index (κ2) is 3.88. The van der Waals surface area contributed by atoms with Crippen LogP contribution in [0.4, 0.5) is 0 Å². The summed E-state index contributed by atoms with van der Waals surface area (Å²) in [5.74, 6) is 0. The number of aryl methyl sites for hydroxylation is 2. The maximum absolute atomic E-state index is 6.00. The van der Waals surface area contributed by atoms with E-state index in [-0.39, 0.29) is 6.04 Å². The van der Waals surface area contributed by atoms with Gasteiger partial charge in [0.2, 0.25) is 0 Å². The molecular formula is C15H20N2. The summed E-state index contributed by atoms with van der Waals surface area (Å²) in [5.41, 5.74) is 11.8. The van der Waals surface area contributed by atoms with E-state index in [0.29, 0.717) is 0 Å². The summed E-state index contributed by atoms with van der Waals surface area (Å²) in [6.07, 6.45) is 3.50. The molecule has 3 rings (SSSR count). The fourth-order valence-corrected chi connectivity index (χ4v) is 3.09. The molecule has 0 fully saturated rings. The third-order valence-corrected chi connectivity index (χ3v) is 3.76. The number of benzene rings is 1. The van der Waals surface area contributed by atoms with Gasteiger partial charge in [0, 0.05) is 29.2 Å². The first-order valence-corrected chi connectivity index (χ1v) is 6.53. The first-order chi connectivity index (χ1) is 8.16.